The first-order chi connectivity index (χ1) is 14.2. The van der Waals surface area contributed by atoms with Gasteiger partial charge < -0.3 is 19.2 Å². The van der Waals surface area contributed by atoms with Crippen molar-refractivity contribution in [1.82, 2.24) is 20.1 Å². The molecule has 1 amide bonds. The van der Waals surface area contributed by atoms with Gasteiger partial charge in [0, 0.05) is 29.5 Å². The van der Waals surface area contributed by atoms with Gasteiger partial charge in [-0.3, -0.25) is 4.79 Å². The molecule has 9 heteroatoms. The molecule has 0 aliphatic rings. The van der Waals surface area contributed by atoms with E-state index in [0.29, 0.717) is 35.4 Å². The maximum absolute atomic E-state index is 12.3. The number of nitrogens with zero attached hydrogens (tertiary/aromatic N) is 3. The van der Waals surface area contributed by atoms with Crippen molar-refractivity contribution in [3.8, 4) is 23.0 Å². The third kappa shape index (κ3) is 3.67. The molecule has 0 unspecified atom stereocenters. The standard InChI is InChI=1S/C20H15N5O3S/c26-17(5-6-18-24-19(25-28-18)12-7-9-29-11-12)21-13-3-4-14-15(10-13)23-20(22-14)16-2-1-8-27-16/h1-4,7-11H,5-6H2,(H,21,26)(H,22,23). The molecular formula is C20H15N5O3S. The topological polar surface area (TPSA) is 110 Å². The summed E-state index contributed by atoms with van der Waals surface area (Å²) < 4.78 is 10.6. The predicted octanol–water partition coefficient (Wildman–Crippen LogP) is 4.51. The molecule has 0 radical (unpaired) electrons. The molecule has 0 atom stereocenters. The Hall–Kier alpha value is -3.72. The molecule has 0 aliphatic carbocycles. The maximum Gasteiger partial charge on any atom is 0.227 e. The smallest absolute Gasteiger partial charge is 0.227 e. The molecule has 5 aromatic rings. The van der Waals surface area contributed by atoms with E-state index < -0.39 is 0 Å². The highest BCUT2D eigenvalue weighted by Crippen LogP contribution is 2.23. The molecule has 0 saturated heterocycles. The van der Waals surface area contributed by atoms with E-state index in [2.05, 4.69) is 25.4 Å². The lowest BCUT2D eigenvalue weighted by atomic mass is 10.2. The average molecular weight is 405 g/mol. The van der Waals surface area contributed by atoms with E-state index in [1.165, 1.54) is 0 Å². The van der Waals surface area contributed by atoms with Gasteiger partial charge in [-0.1, -0.05) is 5.16 Å². The summed E-state index contributed by atoms with van der Waals surface area (Å²) in [6.07, 6.45) is 2.21. The van der Waals surface area contributed by atoms with Crippen LogP contribution in [0.2, 0.25) is 0 Å². The highest BCUT2D eigenvalue weighted by atomic mass is 32.1. The number of hydrogen-bond donors (Lipinski definition) is 2. The monoisotopic (exact) mass is 405 g/mol. The summed E-state index contributed by atoms with van der Waals surface area (Å²) in [7, 11) is 0. The first-order valence-electron chi connectivity index (χ1n) is 8.93. The van der Waals surface area contributed by atoms with Crippen molar-refractivity contribution in [2.24, 2.45) is 0 Å². The number of rotatable bonds is 6. The minimum Gasteiger partial charge on any atom is -0.461 e. The van der Waals surface area contributed by atoms with Gasteiger partial charge in [-0.25, -0.2) is 4.98 Å². The van der Waals surface area contributed by atoms with Crippen molar-refractivity contribution in [2.75, 3.05) is 5.32 Å². The Bertz CT molecular complexity index is 1250. The van der Waals surface area contributed by atoms with E-state index in [9.17, 15) is 4.79 Å². The minimum absolute atomic E-state index is 0.134. The van der Waals surface area contributed by atoms with Crippen LogP contribution in [0.1, 0.15) is 12.3 Å². The summed E-state index contributed by atoms with van der Waals surface area (Å²) in [4.78, 5) is 24.3. The summed E-state index contributed by atoms with van der Waals surface area (Å²) in [5, 5.41) is 10.7. The van der Waals surface area contributed by atoms with Gasteiger partial charge in [0.2, 0.25) is 17.6 Å². The molecule has 0 saturated carbocycles. The normalized spacial score (nSPS) is 11.2. The van der Waals surface area contributed by atoms with E-state index in [-0.39, 0.29) is 12.3 Å². The third-order valence-electron chi connectivity index (χ3n) is 4.33. The number of amides is 1. The number of fused-ring (bicyclic) bond motifs is 1. The molecule has 0 fully saturated rings. The number of anilines is 1. The molecule has 29 heavy (non-hydrogen) atoms. The van der Waals surface area contributed by atoms with E-state index in [0.717, 1.165) is 16.6 Å². The van der Waals surface area contributed by atoms with Crippen molar-refractivity contribution in [3.05, 3.63) is 59.3 Å². The van der Waals surface area contributed by atoms with Crippen molar-refractivity contribution < 1.29 is 13.7 Å². The van der Waals surface area contributed by atoms with E-state index in [1.807, 2.05) is 41.1 Å². The van der Waals surface area contributed by atoms with Gasteiger partial charge in [0.25, 0.3) is 0 Å². The molecule has 0 spiro atoms. The summed E-state index contributed by atoms with van der Waals surface area (Å²) in [5.74, 6) is 2.15. The summed E-state index contributed by atoms with van der Waals surface area (Å²) in [6, 6.07) is 11.1. The van der Waals surface area contributed by atoms with Gasteiger partial charge >= 0.3 is 0 Å². The van der Waals surface area contributed by atoms with Crippen LogP contribution >= 0.6 is 11.3 Å². The fraction of sp³-hybridized carbons (Fsp3) is 0.100. The number of aromatic amines is 1. The number of furan rings is 1. The van der Waals surface area contributed by atoms with Crippen LogP contribution in [0.25, 0.3) is 34.0 Å². The maximum atomic E-state index is 12.3. The van der Waals surface area contributed by atoms with Crippen LogP contribution in [0.5, 0.6) is 0 Å². The second-order valence-electron chi connectivity index (χ2n) is 6.37. The molecule has 0 aliphatic heterocycles. The molecule has 8 nitrogen and oxygen atoms in total. The molecule has 5 rings (SSSR count). The van der Waals surface area contributed by atoms with Crippen molar-refractivity contribution in [1.29, 1.82) is 0 Å². The summed E-state index contributed by atoms with van der Waals surface area (Å²) in [5.41, 5.74) is 3.20. The number of H-pyrrole nitrogens is 1. The third-order valence-corrected chi connectivity index (χ3v) is 5.02. The second-order valence-corrected chi connectivity index (χ2v) is 7.15. The van der Waals surface area contributed by atoms with Crippen LogP contribution < -0.4 is 5.32 Å². The molecule has 2 N–H and O–H groups in total. The molecule has 1 aromatic carbocycles. The van der Waals surface area contributed by atoms with Crippen LogP contribution in [0, 0.1) is 0 Å². The van der Waals surface area contributed by atoms with Crippen LogP contribution in [-0.4, -0.2) is 26.0 Å². The Morgan fingerprint density at radius 1 is 1.21 bits per heavy atom. The van der Waals surface area contributed by atoms with Crippen LogP contribution in [0.3, 0.4) is 0 Å². The van der Waals surface area contributed by atoms with Gasteiger partial charge in [-0.15, -0.1) is 0 Å². The number of imidazole rings is 1. The van der Waals surface area contributed by atoms with Gasteiger partial charge in [-0.05, 0) is 41.8 Å². The van der Waals surface area contributed by atoms with Crippen LogP contribution in [-0.2, 0) is 11.2 Å². The van der Waals surface area contributed by atoms with Crippen LogP contribution in [0.15, 0.2) is 62.4 Å². The molecule has 144 valence electrons. The largest absolute Gasteiger partial charge is 0.461 e. The van der Waals surface area contributed by atoms with E-state index in [1.54, 1.807) is 23.7 Å². The first kappa shape index (κ1) is 17.4. The molecule has 4 aromatic heterocycles. The molecule has 0 bridgehead atoms. The van der Waals surface area contributed by atoms with Crippen LogP contribution in [0.4, 0.5) is 5.69 Å². The number of benzene rings is 1. The number of carbonyl (C=O) groups excluding carboxylic acids is 1. The summed E-state index contributed by atoms with van der Waals surface area (Å²) >= 11 is 1.57. The van der Waals surface area contributed by atoms with Gasteiger partial charge in [0.05, 0.1) is 17.3 Å². The summed E-state index contributed by atoms with van der Waals surface area (Å²) in [6.45, 7) is 0. The zero-order valence-corrected chi connectivity index (χ0v) is 15.9. The van der Waals surface area contributed by atoms with E-state index >= 15 is 0 Å². The Kier molecular flexibility index (Phi) is 4.41. The van der Waals surface area contributed by atoms with E-state index in [4.69, 9.17) is 8.94 Å². The Balaban J connectivity index is 1.23. The van der Waals surface area contributed by atoms with Gasteiger partial charge in [-0.2, -0.15) is 16.3 Å². The molecule has 4 heterocycles. The number of aromatic nitrogens is 4. The number of carbonyl (C=O) groups is 1. The predicted molar refractivity (Wildman–Crippen MR) is 108 cm³/mol. The van der Waals surface area contributed by atoms with Crippen molar-refractivity contribution >= 4 is 34.0 Å². The first-order valence-corrected chi connectivity index (χ1v) is 9.87. The highest BCUT2D eigenvalue weighted by molar-refractivity contribution is 7.08. The Morgan fingerprint density at radius 3 is 3.00 bits per heavy atom. The van der Waals surface area contributed by atoms with Crippen molar-refractivity contribution in [2.45, 2.75) is 12.8 Å². The fourth-order valence-electron chi connectivity index (χ4n) is 2.93. The highest BCUT2D eigenvalue weighted by Gasteiger charge is 2.12. The number of thiophene rings is 1. The van der Waals surface area contributed by atoms with Crippen molar-refractivity contribution in [3.63, 3.8) is 0 Å². The SMILES string of the molecule is O=C(CCc1nc(-c2ccsc2)no1)Nc1ccc2nc(-c3ccco3)[nH]c2c1. The lowest BCUT2D eigenvalue weighted by Gasteiger charge is -2.03. The molecular weight excluding hydrogens is 390 g/mol. The quantitative estimate of drug-likeness (QED) is 0.430. The number of hydrogen-bond acceptors (Lipinski definition) is 7. The number of nitrogens with one attached hydrogen (secondary N) is 2. The zero-order chi connectivity index (χ0) is 19.6. The minimum atomic E-state index is -0.134. The van der Waals surface area contributed by atoms with Gasteiger partial charge in [0.15, 0.2) is 11.6 Å². The Morgan fingerprint density at radius 2 is 2.17 bits per heavy atom. The zero-order valence-electron chi connectivity index (χ0n) is 15.1. The van der Waals surface area contributed by atoms with Gasteiger partial charge in [0.1, 0.15) is 0 Å². The average Bonchev–Trinajstić information content (AvgIpc) is 3.52. The Labute approximate surface area is 168 Å². The second kappa shape index (κ2) is 7.36. The fourth-order valence-corrected chi connectivity index (χ4v) is 3.56. The lowest BCUT2D eigenvalue weighted by molar-refractivity contribution is -0.116. The number of aryl methyl sites for hydroxylation is 1. The lowest BCUT2D eigenvalue weighted by Crippen LogP contribution is -2.12.